The Morgan fingerprint density at radius 3 is 1.63 bits per heavy atom. The average molecular weight is 1120 g/mol. The first-order chi connectivity index (χ1) is 28.2. The quantitative estimate of drug-likeness (QED) is 0.0314. The predicted octanol–water partition coefficient (Wildman–Crippen LogP) is 10.5. The molecule has 0 N–H and O–H groups in total. The van der Waals surface area contributed by atoms with Gasteiger partial charge >= 0.3 is 35.9 Å². The Bertz CT molecular complexity index is 2400. The minimum absolute atomic E-state index is 0. The van der Waals surface area contributed by atoms with Crippen molar-refractivity contribution >= 4 is 98.5 Å². The molecule has 2 aromatic carbocycles. The molecule has 0 aliphatic carbocycles. The van der Waals surface area contributed by atoms with Crippen LogP contribution in [0, 0.1) is 41.0 Å². The molecule has 320 valence electrons. The Hall–Kier alpha value is -4.27. The third kappa shape index (κ3) is 14.7. The topological polar surface area (TPSA) is 200 Å². The van der Waals surface area contributed by atoms with E-state index in [0.717, 1.165) is 50.2 Å². The molecule has 0 amide bonds. The van der Waals surface area contributed by atoms with Crippen LogP contribution in [0.1, 0.15) is 58.5 Å². The number of nitrogens with zero attached hydrogens (tertiary/aromatic N) is 8. The van der Waals surface area contributed by atoms with Crippen LogP contribution in [0.2, 0.25) is 0 Å². The van der Waals surface area contributed by atoms with E-state index in [4.69, 9.17) is 5.33 Å². The molecule has 0 saturated heterocycles. The van der Waals surface area contributed by atoms with E-state index in [1.807, 2.05) is 38.1 Å². The van der Waals surface area contributed by atoms with Gasteiger partial charge in [0.1, 0.15) is 12.0 Å². The number of carbonyl (C=O) groups is 2. The molecule has 0 fully saturated rings. The monoisotopic (exact) mass is 1120 g/mol. The fourth-order valence-electron chi connectivity index (χ4n) is 5.63. The first kappa shape index (κ1) is 53.8. The Morgan fingerprint density at radius 2 is 1.23 bits per heavy atom. The first-order valence-electron chi connectivity index (χ1n) is 17.7. The zero-order chi connectivity index (χ0) is 44.4. The molecule has 0 unspecified atom stereocenters. The number of ether oxygens (including phenoxy) is 2. The van der Waals surface area contributed by atoms with Gasteiger partial charge in [-0.15, -0.1) is 23.8 Å². The van der Waals surface area contributed by atoms with Crippen LogP contribution in [-0.4, -0.2) is 65.1 Å². The number of nitro benzene ring substituents is 2. The number of benzene rings is 2. The summed E-state index contributed by atoms with van der Waals surface area (Å²) in [7, 11) is 3.53. The summed E-state index contributed by atoms with van der Waals surface area (Å²) in [6, 6.07) is 14.1. The van der Waals surface area contributed by atoms with Crippen molar-refractivity contribution in [2.24, 2.45) is 14.1 Å². The molecule has 4 heterocycles. The molecule has 4 aromatic heterocycles. The molecule has 20 heteroatoms. The minimum atomic E-state index is -0.427. The number of carbonyl (C=O) groups excluding carboxylic acids is 2. The van der Waals surface area contributed by atoms with Gasteiger partial charge in [0.2, 0.25) is 0 Å². The van der Waals surface area contributed by atoms with E-state index in [-0.39, 0.29) is 64.0 Å². The number of aromatic nitrogens is 6. The van der Waals surface area contributed by atoms with Crippen molar-refractivity contribution in [3.8, 4) is 22.5 Å². The van der Waals surface area contributed by atoms with Gasteiger partial charge in [0, 0.05) is 83.9 Å². The number of hydrogen-bond acceptors (Lipinski definition) is 12. The van der Waals surface area contributed by atoms with Gasteiger partial charge in [-0.3, -0.25) is 49.1 Å². The maximum absolute atomic E-state index is 11.7. The Labute approximate surface area is 392 Å². The second-order valence-electron chi connectivity index (χ2n) is 12.0. The van der Waals surface area contributed by atoms with Crippen molar-refractivity contribution < 1.29 is 45.3 Å². The molecule has 0 aliphatic heterocycles. The van der Waals surface area contributed by atoms with Gasteiger partial charge in [0.15, 0.2) is 0 Å². The molecule has 0 aliphatic rings. The number of halogens is 3. The van der Waals surface area contributed by atoms with Gasteiger partial charge < -0.3 is 16.4 Å². The standard InChI is InChI=1S/C19H20N4O4.C14H11BrN4O2.C5H9O2.2CH4.BrH.HI.Zn/c1-4-27-18(24)6-5-13-10-15-17(11-16(13)23(25)26)22(3)21-19(15)14-7-8-20-12(2)9-14;1-8-5-9(3-4-16-8)14-10-6-11(15)13(19(20)21)7-12(10)18(2)17-14;1-3-5(6)7-4-2;;;;;/h7-11H,4-6H2,1-3H3;3-7H,1-2H3;1,3-4H2,2H3;2*1H4;2*1H;/q;;-1;;;;;+2/p-1/i/hD. The Morgan fingerprint density at radius 1 is 0.800 bits per heavy atom. The Balaban J connectivity index is 0.000000944. The van der Waals surface area contributed by atoms with E-state index in [0.29, 0.717) is 22.2 Å². The fraction of sp³-hybridized carbons (Fsp3) is 0.325. The number of aryl methyl sites for hydroxylation is 5. The summed E-state index contributed by atoms with van der Waals surface area (Å²) in [5.41, 5.74) is 6.96. The summed E-state index contributed by atoms with van der Waals surface area (Å²) >= 11 is 8.91. The van der Waals surface area contributed by atoms with Crippen molar-refractivity contribution in [2.75, 3.05) is 13.2 Å². The molecular formula is C40H49Br2IN8O8Zn. The van der Waals surface area contributed by atoms with Gasteiger partial charge in [-0.05, 0) is 86.4 Å². The van der Waals surface area contributed by atoms with Crippen LogP contribution in [0.25, 0.3) is 44.3 Å². The maximum atomic E-state index is 11.7. The first-order valence-corrected chi connectivity index (χ1v) is 25.1. The zero-order valence-corrected chi connectivity index (χ0v) is 41.0. The molecule has 0 bridgehead atoms. The van der Waals surface area contributed by atoms with E-state index in [9.17, 15) is 29.8 Å². The van der Waals surface area contributed by atoms with Crippen LogP contribution in [0.5, 0.6) is 0 Å². The predicted molar refractivity (Wildman–Crippen MR) is 248 cm³/mol. The molecule has 0 saturated carbocycles. The molecule has 16 nitrogen and oxygen atoms in total. The average Bonchev–Trinajstić information content (AvgIpc) is 3.72. The van der Waals surface area contributed by atoms with Crippen LogP contribution in [-0.2, 0) is 55.9 Å². The summed E-state index contributed by atoms with van der Waals surface area (Å²) in [4.78, 5) is 51.9. The van der Waals surface area contributed by atoms with E-state index >= 15 is 0 Å². The third-order valence-electron chi connectivity index (χ3n) is 8.12. The van der Waals surface area contributed by atoms with Crippen molar-refractivity contribution in [1.82, 2.24) is 29.5 Å². The normalized spacial score (nSPS) is 9.97. The van der Waals surface area contributed by atoms with Gasteiger partial charge in [-0.25, -0.2) is 0 Å². The summed E-state index contributed by atoms with van der Waals surface area (Å²) < 4.78 is 18.9. The number of pyridine rings is 2. The van der Waals surface area contributed by atoms with Crippen LogP contribution >= 0.6 is 53.3 Å². The van der Waals surface area contributed by atoms with Crippen molar-refractivity contribution in [2.45, 2.75) is 61.8 Å². The van der Waals surface area contributed by atoms with Crippen LogP contribution < -0.4 is 0 Å². The van der Waals surface area contributed by atoms with Gasteiger partial charge in [-0.2, -0.15) is 10.2 Å². The van der Waals surface area contributed by atoms with Crippen LogP contribution in [0.15, 0.2) is 65.4 Å². The number of nitro groups is 2. The van der Waals surface area contributed by atoms with Crippen LogP contribution in [0.3, 0.4) is 0 Å². The number of hydrogen-bond donors (Lipinski definition) is 0. The van der Waals surface area contributed by atoms with Gasteiger partial charge in [0.25, 0.3) is 17.3 Å². The van der Waals surface area contributed by atoms with E-state index in [1.54, 1.807) is 61.8 Å². The molecule has 6 rings (SSSR count). The van der Waals surface area contributed by atoms with Crippen molar-refractivity contribution in [3.05, 3.63) is 110 Å². The second-order valence-corrected chi connectivity index (χ2v) is 12.9. The molecule has 0 radical (unpaired) electrons. The molecule has 0 spiro atoms. The van der Waals surface area contributed by atoms with Crippen LogP contribution in [0.4, 0.5) is 11.4 Å². The molecule has 6 aromatic rings. The summed E-state index contributed by atoms with van der Waals surface area (Å²) in [5, 5.41) is 33.2. The SMILES string of the molecule is C.C.CCOC(=O)CCc1cc2c(-c3ccnc(C)c3)nn(C)c2cc1[N+](=O)[O-].Cc1cc(-c2nn(C)c3cc([N+](=O)[O-])c(Br)cc23)ccn1.[2H]I.[CH2-]CC(=O)OCC.[Zn+][Br]. The fourth-order valence-corrected chi connectivity index (χ4v) is 6.12. The number of rotatable bonds is 10. The molecule has 60 heavy (non-hydrogen) atoms. The van der Waals surface area contributed by atoms with E-state index < -0.39 is 9.85 Å². The van der Waals surface area contributed by atoms with Gasteiger partial charge in [0.05, 0.1) is 38.6 Å². The molecule has 0 atom stereocenters. The summed E-state index contributed by atoms with van der Waals surface area (Å²) in [6.07, 6.45) is 3.98. The van der Waals surface area contributed by atoms with Crippen molar-refractivity contribution in [3.63, 3.8) is 0 Å². The van der Waals surface area contributed by atoms with E-state index in [2.05, 4.69) is 61.4 Å². The third-order valence-corrected chi connectivity index (χ3v) is 8.75. The van der Waals surface area contributed by atoms with Gasteiger partial charge in [-0.1, -0.05) is 21.3 Å². The number of esters is 2. The zero-order valence-electron chi connectivity index (χ0n) is 33.7. The van der Waals surface area contributed by atoms with E-state index in [1.165, 1.54) is 52.3 Å². The Kier molecular flexibility index (Phi) is 24.0. The number of fused-ring (bicyclic) bond motifs is 2. The second kappa shape index (κ2) is 26.8. The molecular weight excluding hydrogens is 1070 g/mol. The van der Waals surface area contributed by atoms with Crippen molar-refractivity contribution in [1.29, 1.82) is 0.594 Å². The summed E-state index contributed by atoms with van der Waals surface area (Å²) in [5.74, 6) is -0.606. The summed E-state index contributed by atoms with van der Waals surface area (Å²) in [6.45, 7) is 11.4.